The van der Waals surface area contributed by atoms with Crippen LogP contribution in [0.25, 0.3) is 10.9 Å². The summed E-state index contributed by atoms with van der Waals surface area (Å²) >= 11 is 0. The van der Waals surface area contributed by atoms with E-state index in [9.17, 15) is 0 Å². The van der Waals surface area contributed by atoms with Crippen LogP contribution in [0.3, 0.4) is 0 Å². The molecule has 0 bridgehead atoms. The molecule has 1 fully saturated rings. The first-order valence-electron chi connectivity index (χ1n) is 9.44. The van der Waals surface area contributed by atoms with Crippen molar-refractivity contribution >= 4 is 16.6 Å². The molecular formula is C20H27FN4O. The van der Waals surface area contributed by atoms with E-state index in [4.69, 9.17) is 4.74 Å². The van der Waals surface area contributed by atoms with Gasteiger partial charge in [0.2, 0.25) is 0 Å². The normalized spacial score (nSPS) is 21.3. The lowest BCUT2D eigenvalue weighted by Crippen LogP contribution is -2.45. The van der Waals surface area contributed by atoms with Gasteiger partial charge in [-0.2, -0.15) is 0 Å². The maximum atomic E-state index is 15.3. The van der Waals surface area contributed by atoms with E-state index in [0.29, 0.717) is 18.0 Å². The molecule has 1 aromatic heterocycles. The Labute approximate surface area is 153 Å². The Bertz CT molecular complexity index is 912. The molecule has 4 rings (SSSR count). The fourth-order valence-corrected chi connectivity index (χ4v) is 4.13. The molecule has 2 aromatic rings. The lowest BCUT2D eigenvalue weighted by atomic mass is 10.0. The molecule has 1 aromatic carbocycles. The molecule has 0 saturated carbocycles. The van der Waals surface area contributed by atoms with Gasteiger partial charge in [-0.25, -0.2) is 4.39 Å². The molecule has 5 nitrogen and oxygen atoms in total. The first kappa shape index (κ1) is 17.3. The lowest BCUT2D eigenvalue weighted by Gasteiger charge is -2.37. The Morgan fingerprint density at radius 3 is 2.65 bits per heavy atom. The Balaban J connectivity index is 2.02. The van der Waals surface area contributed by atoms with Crippen molar-refractivity contribution in [1.29, 1.82) is 0 Å². The minimum Gasteiger partial charge on any atom is -0.487 e. The molecule has 140 valence electrons. The number of anilines is 1. The molecule has 0 radical (unpaired) electrons. The topological polar surface area (TPSA) is 33.0 Å². The predicted octanol–water partition coefficient (Wildman–Crippen LogP) is 2.58. The number of piperazine rings is 1. The van der Waals surface area contributed by atoms with Gasteiger partial charge in [-0.15, -0.1) is 0 Å². The highest BCUT2D eigenvalue weighted by Gasteiger charge is 2.29. The van der Waals surface area contributed by atoms with Gasteiger partial charge in [0.25, 0.3) is 0 Å². The molecule has 0 aliphatic carbocycles. The van der Waals surface area contributed by atoms with Gasteiger partial charge in [-0.3, -0.25) is 4.99 Å². The van der Waals surface area contributed by atoms with Gasteiger partial charge >= 0.3 is 0 Å². The van der Waals surface area contributed by atoms with Crippen LogP contribution in [0.1, 0.15) is 25.5 Å². The molecule has 3 heterocycles. The van der Waals surface area contributed by atoms with E-state index in [1.54, 1.807) is 13.1 Å². The molecule has 6 heteroatoms. The average Bonchev–Trinajstić information content (AvgIpc) is 2.64. The van der Waals surface area contributed by atoms with E-state index in [2.05, 4.69) is 46.5 Å². The lowest BCUT2D eigenvalue weighted by molar-refractivity contribution is 0.244. The van der Waals surface area contributed by atoms with Crippen LogP contribution < -0.4 is 15.0 Å². The molecule has 0 spiro atoms. The number of nitrogens with zero attached hydrogens (tertiary/aromatic N) is 4. The van der Waals surface area contributed by atoms with Gasteiger partial charge in [0.05, 0.1) is 16.9 Å². The molecular weight excluding hydrogens is 331 g/mol. The van der Waals surface area contributed by atoms with E-state index in [-0.39, 0.29) is 11.9 Å². The van der Waals surface area contributed by atoms with E-state index in [1.165, 1.54) is 0 Å². The Morgan fingerprint density at radius 2 is 2.00 bits per heavy atom. The summed E-state index contributed by atoms with van der Waals surface area (Å²) in [5.74, 6) is 0.464. The highest BCUT2D eigenvalue weighted by Crippen LogP contribution is 2.42. The number of rotatable bonds is 2. The molecule has 1 atom stereocenters. The zero-order valence-electron chi connectivity index (χ0n) is 16.0. The number of ether oxygens (including phenoxy) is 1. The van der Waals surface area contributed by atoms with Crippen LogP contribution in [0.2, 0.25) is 0 Å². The second-order valence-corrected chi connectivity index (χ2v) is 7.37. The summed E-state index contributed by atoms with van der Waals surface area (Å²) in [4.78, 5) is 8.87. The highest BCUT2D eigenvalue weighted by molar-refractivity contribution is 5.92. The van der Waals surface area contributed by atoms with E-state index in [0.717, 1.165) is 54.4 Å². The third-order valence-electron chi connectivity index (χ3n) is 5.66. The first-order chi connectivity index (χ1) is 12.5. The van der Waals surface area contributed by atoms with Crippen molar-refractivity contribution < 1.29 is 9.13 Å². The maximum absolute atomic E-state index is 15.3. The van der Waals surface area contributed by atoms with E-state index >= 15 is 4.39 Å². The highest BCUT2D eigenvalue weighted by atomic mass is 19.1. The maximum Gasteiger partial charge on any atom is 0.170 e. The summed E-state index contributed by atoms with van der Waals surface area (Å²) in [6, 6.07) is 1.87. The van der Waals surface area contributed by atoms with Crippen molar-refractivity contribution in [2.75, 3.05) is 51.8 Å². The van der Waals surface area contributed by atoms with E-state index < -0.39 is 0 Å². The SMILES string of the molecule is CCc1cn2c3c(c(N4CCN(C)CC4)c(F)cc3c1=NC)OC[C@@H]2C. The zero-order valence-corrected chi connectivity index (χ0v) is 16.0. The molecule has 1 saturated heterocycles. The van der Waals surface area contributed by atoms with E-state index in [1.807, 2.05) is 0 Å². The second-order valence-electron chi connectivity index (χ2n) is 7.37. The third kappa shape index (κ3) is 2.58. The zero-order chi connectivity index (χ0) is 18.4. The molecule has 0 N–H and O–H groups in total. The Morgan fingerprint density at radius 1 is 1.27 bits per heavy atom. The van der Waals surface area contributed by atoms with Crippen molar-refractivity contribution in [3.63, 3.8) is 0 Å². The summed E-state index contributed by atoms with van der Waals surface area (Å²) in [5, 5.41) is 1.73. The first-order valence-corrected chi connectivity index (χ1v) is 9.44. The molecule has 2 aliphatic rings. The number of aryl methyl sites for hydroxylation is 1. The Kier molecular flexibility index (Phi) is 4.39. The van der Waals surface area contributed by atoms with Crippen molar-refractivity contribution in [3.8, 4) is 5.75 Å². The number of hydrogen-bond donors (Lipinski definition) is 0. The largest absolute Gasteiger partial charge is 0.487 e. The van der Waals surface area contributed by atoms with Crippen LogP contribution in [0.15, 0.2) is 17.3 Å². The van der Waals surface area contributed by atoms with Crippen LogP contribution in [0.5, 0.6) is 5.75 Å². The van der Waals surface area contributed by atoms with Crippen LogP contribution in [0.4, 0.5) is 10.1 Å². The van der Waals surface area contributed by atoms with Crippen molar-refractivity contribution in [2.45, 2.75) is 26.3 Å². The van der Waals surface area contributed by atoms with Gasteiger partial charge in [-0.05, 0) is 32.0 Å². The van der Waals surface area contributed by atoms with Crippen molar-refractivity contribution in [1.82, 2.24) is 9.47 Å². The Hall–Kier alpha value is -2.08. The molecule has 0 unspecified atom stereocenters. The smallest absolute Gasteiger partial charge is 0.170 e. The molecule has 0 amide bonds. The van der Waals surface area contributed by atoms with Crippen LogP contribution in [-0.2, 0) is 6.42 Å². The summed E-state index contributed by atoms with van der Waals surface area (Å²) in [5.41, 5.74) is 2.72. The number of hydrogen-bond acceptors (Lipinski definition) is 4. The monoisotopic (exact) mass is 358 g/mol. The van der Waals surface area contributed by atoms with Crippen molar-refractivity contribution in [3.05, 3.63) is 29.0 Å². The summed E-state index contributed by atoms with van der Waals surface area (Å²) in [6.07, 6.45) is 3.04. The van der Waals surface area contributed by atoms with Gasteiger partial charge in [0, 0.05) is 44.8 Å². The quantitative estimate of drug-likeness (QED) is 0.827. The van der Waals surface area contributed by atoms with Crippen LogP contribution in [0, 0.1) is 5.82 Å². The third-order valence-corrected chi connectivity index (χ3v) is 5.66. The molecule has 26 heavy (non-hydrogen) atoms. The molecule has 2 aliphatic heterocycles. The number of aromatic nitrogens is 1. The number of benzene rings is 1. The van der Waals surface area contributed by atoms with Gasteiger partial charge < -0.3 is 19.1 Å². The van der Waals surface area contributed by atoms with Gasteiger partial charge in [0.15, 0.2) is 11.6 Å². The second kappa shape index (κ2) is 6.58. The van der Waals surface area contributed by atoms with Gasteiger partial charge in [0.1, 0.15) is 12.3 Å². The summed E-state index contributed by atoms with van der Waals surface area (Å²) in [6.45, 7) is 8.29. The summed E-state index contributed by atoms with van der Waals surface area (Å²) < 4.78 is 23.6. The van der Waals surface area contributed by atoms with Gasteiger partial charge in [-0.1, -0.05) is 6.92 Å². The van der Waals surface area contributed by atoms with Crippen molar-refractivity contribution in [2.24, 2.45) is 4.99 Å². The average molecular weight is 358 g/mol. The minimum atomic E-state index is -0.212. The fourth-order valence-electron chi connectivity index (χ4n) is 4.13. The fraction of sp³-hybridized carbons (Fsp3) is 0.550. The van der Waals surface area contributed by atoms with Crippen LogP contribution >= 0.6 is 0 Å². The van der Waals surface area contributed by atoms with Crippen LogP contribution in [-0.4, -0.2) is 56.3 Å². The number of halogens is 1. The predicted molar refractivity (Wildman–Crippen MR) is 103 cm³/mol. The standard InChI is InChI=1S/C20H27FN4O/c1-5-14-11-25-13(2)12-26-20-18(25)15(17(14)22-3)10-16(21)19(20)24-8-6-23(4)7-9-24/h10-11,13H,5-9,12H2,1-4H3/t13-/m0/s1. The minimum absolute atomic E-state index is 0.212. The number of pyridine rings is 1. The summed E-state index contributed by atoms with van der Waals surface area (Å²) in [7, 11) is 3.88. The number of likely N-dealkylation sites (N-methyl/N-ethyl adjacent to an activating group) is 1.